The minimum Gasteiger partial charge on any atom is -0.302 e. The van der Waals surface area contributed by atoms with Crippen molar-refractivity contribution in [3.63, 3.8) is 0 Å². The monoisotopic (exact) mass is 362 g/mol. The quantitative estimate of drug-likeness (QED) is 0.602. The van der Waals surface area contributed by atoms with Crippen molar-refractivity contribution in [2.24, 2.45) is 0 Å². The van der Waals surface area contributed by atoms with Crippen molar-refractivity contribution < 1.29 is 0 Å². The van der Waals surface area contributed by atoms with E-state index in [4.69, 9.17) is 23.2 Å². The van der Waals surface area contributed by atoms with Gasteiger partial charge in [-0.2, -0.15) is 0 Å². The molecule has 128 valence electrons. The van der Waals surface area contributed by atoms with Crippen LogP contribution in [0.5, 0.6) is 0 Å². The van der Waals surface area contributed by atoms with Crippen LogP contribution in [0.25, 0.3) is 0 Å². The Morgan fingerprint density at radius 3 is 2.21 bits per heavy atom. The third-order valence-corrected chi connectivity index (χ3v) is 4.14. The molecule has 2 aromatic rings. The van der Waals surface area contributed by atoms with E-state index in [2.05, 4.69) is 30.1 Å². The smallest absolute Gasteiger partial charge is 0.0595 e. The number of benzene rings is 1. The predicted octanol–water partition coefficient (Wildman–Crippen LogP) is 5.73. The van der Waals surface area contributed by atoms with Crippen molar-refractivity contribution in [1.82, 2.24) is 9.88 Å². The van der Waals surface area contributed by atoms with Gasteiger partial charge in [-0.1, -0.05) is 54.6 Å². The summed E-state index contributed by atoms with van der Waals surface area (Å²) in [5.41, 5.74) is 3.86. The van der Waals surface area contributed by atoms with Crippen LogP contribution in [-0.4, -0.2) is 23.5 Å². The molecule has 1 aromatic carbocycles. The van der Waals surface area contributed by atoms with Crippen LogP contribution in [0.1, 0.15) is 16.7 Å². The van der Waals surface area contributed by atoms with Crippen LogP contribution in [0.2, 0.25) is 10.0 Å². The maximum absolute atomic E-state index is 5.94. The fourth-order valence-electron chi connectivity index (χ4n) is 2.14. The fourth-order valence-corrected chi connectivity index (χ4v) is 2.51. The van der Waals surface area contributed by atoms with Crippen LogP contribution < -0.4 is 0 Å². The predicted molar refractivity (Wildman–Crippen MR) is 106 cm³/mol. The first kappa shape index (κ1) is 20.4. The standard InChI is InChI=1S/C10H11Cl2N.C6H7N.C4H6/c1-13-3-2-7-4-9(11)10(12)5-8(7)6-13;1-6-3-2-4-7-5-6;1-3-4-2/h4-5H,2-3,6H2,1H3;2-5H,1H3;3-4H,1-2H2. The second kappa shape index (κ2) is 11.0. The first-order valence-corrected chi connectivity index (χ1v) is 8.49. The van der Waals surface area contributed by atoms with Crippen LogP contribution in [-0.2, 0) is 13.0 Å². The van der Waals surface area contributed by atoms with E-state index in [1.807, 2.05) is 37.4 Å². The molecule has 1 aromatic heterocycles. The molecule has 0 amide bonds. The summed E-state index contributed by atoms with van der Waals surface area (Å²) in [5.74, 6) is 0. The molecule has 2 nitrogen and oxygen atoms in total. The lowest BCUT2D eigenvalue weighted by atomic mass is 10.0. The number of aromatic nitrogens is 1. The molecular weight excluding hydrogens is 339 g/mol. The van der Waals surface area contributed by atoms with Gasteiger partial charge in [0.1, 0.15) is 0 Å². The zero-order chi connectivity index (χ0) is 17.9. The van der Waals surface area contributed by atoms with Gasteiger partial charge in [0.2, 0.25) is 0 Å². The Morgan fingerprint density at radius 1 is 1.12 bits per heavy atom. The van der Waals surface area contributed by atoms with Gasteiger partial charge in [0, 0.05) is 25.5 Å². The number of pyridine rings is 1. The molecular formula is C20H24Cl2N2. The Morgan fingerprint density at radius 2 is 1.75 bits per heavy atom. The molecule has 0 radical (unpaired) electrons. The average Bonchev–Trinajstić information content (AvgIpc) is 2.58. The minimum absolute atomic E-state index is 0.663. The number of allylic oxidation sites excluding steroid dienone is 2. The van der Waals surface area contributed by atoms with Gasteiger partial charge in [-0.25, -0.2) is 0 Å². The molecule has 0 spiro atoms. The zero-order valence-electron chi connectivity index (χ0n) is 14.3. The lowest BCUT2D eigenvalue weighted by Gasteiger charge is -2.25. The van der Waals surface area contributed by atoms with E-state index in [0.29, 0.717) is 10.0 Å². The Kier molecular flexibility index (Phi) is 9.39. The number of nitrogens with zero attached hydrogens (tertiary/aromatic N) is 2. The minimum atomic E-state index is 0.663. The van der Waals surface area contributed by atoms with Gasteiger partial charge in [0.05, 0.1) is 10.0 Å². The van der Waals surface area contributed by atoms with Gasteiger partial charge in [0.15, 0.2) is 0 Å². The van der Waals surface area contributed by atoms with Crippen LogP contribution in [0, 0.1) is 6.92 Å². The number of aryl methyl sites for hydroxylation is 1. The highest BCUT2D eigenvalue weighted by atomic mass is 35.5. The zero-order valence-corrected chi connectivity index (χ0v) is 15.8. The van der Waals surface area contributed by atoms with Gasteiger partial charge in [-0.15, -0.1) is 0 Å². The largest absolute Gasteiger partial charge is 0.302 e. The number of hydrogen-bond acceptors (Lipinski definition) is 2. The normalized spacial score (nSPS) is 12.7. The number of likely N-dealkylation sites (N-methyl/N-ethyl adjacent to an activating group) is 1. The topological polar surface area (TPSA) is 16.1 Å². The number of halogens is 2. The lowest BCUT2D eigenvalue weighted by molar-refractivity contribution is 0.313. The van der Waals surface area contributed by atoms with Crippen molar-refractivity contribution in [1.29, 1.82) is 0 Å². The van der Waals surface area contributed by atoms with Crippen LogP contribution >= 0.6 is 23.2 Å². The average molecular weight is 363 g/mol. The van der Waals surface area contributed by atoms with E-state index < -0.39 is 0 Å². The summed E-state index contributed by atoms with van der Waals surface area (Å²) in [6.07, 6.45) is 7.95. The summed E-state index contributed by atoms with van der Waals surface area (Å²) in [6, 6.07) is 7.92. The molecule has 24 heavy (non-hydrogen) atoms. The molecule has 1 aliphatic rings. The van der Waals surface area contributed by atoms with Crippen molar-refractivity contribution in [2.75, 3.05) is 13.6 Å². The summed E-state index contributed by atoms with van der Waals surface area (Å²) in [4.78, 5) is 6.17. The Labute approximate surface area is 155 Å². The molecule has 1 aliphatic heterocycles. The van der Waals surface area contributed by atoms with Gasteiger partial charge in [0.25, 0.3) is 0 Å². The van der Waals surface area contributed by atoms with Gasteiger partial charge in [-0.05, 0) is 55.3 Å². The Hall–Kier alpha value is -1.61. The first-order valence-electron chi connectivity index (χ1n) is 7.73. The van der Waals surface area contributed by atoms with E-state index in [9.17, 15) is 0 Å². The number of rotatable bonds is 1. The number of hydrogen-bond donors (Lipinski definition) is 0. The Balaban J connectivity index is 0.000000220. The van der Waals surface area contributed by atoms with E-state index in [-0.39, 0.29) is 0 Å². The maximum Gasteiger partial charge on any atom is 0.0595 e. The SMILES string of the molecule is C=CC=C.CN1CCc2cc(Cl)c(Cl)cc2C1.Cc1cccnc1. The van der Waals surface area contributed by atoms with E-state index in [0.717, 1.165) is 19.5 Å². The van der Waals surface area contributed by atoms with Crippen LogP contribution in [0.4, 0.5) is 0 Å². The van der Waals surface area contributed by atoms with Crippen molar-refractivity contribution in [3.8, 4) is 0 Å². The summed E-state index contributed by atoms with van der Waals surface area (Å²) in [6.45, 7) is 10.8. The summed E-state index contributed by atoms with van der Waals surface area (Å²) >= 11 is 11.9. The van der Waals surface area contributed by atoms with E-state index >= 15 is 0 Å². The van der Waals surface area contributed by atoms with Crippen molar-refractivity contribution in [2.45, 2.75) is 19.9 Å². The highest BCUT2D eigenvalue weighted by Crippen LogP contribution is 2.28. The Bertz CT molecular complexity index is 648. The second-order valence-corrected chi connectivity index (χ2v) is 6.34. The molecule has 0 saturated heterocycles. The van der Waals surface area contributed by atoms with Crippen LogP contribution in [0.15, 0.2) is 62.0 Å². The van der Waals surface area contributed by atoms with Gasteiger partial charge < -0.3 is 4.90 Å². The first-order chi connectivity index (χ1) is 11.5. The summed E-state index contributed by atoms with van der Waals surface area (Å²) < 4.78 is 0. The molecule has 0 atom stereocenters. The fraction of sp³-hybridized carbons (Fsp3) is 0.250. The lowest BCUT2D eigenvalue weighted by Crippen LogP contribution is -2.26. The maximum atomic E-state index is 5.94. The van der Waals surface area contributed by atoms with Gasteiger partial charge in [-0.3, -0.25) is 4.98 Å². The van der Waals surface area contributed by atoms with Crippen molar-refractivity contribution in [3.05, 3.63) is 88.7 Å². The molecule has 3 rings (SSSR count). The van der Waals surface area contributed by atoms with Crippen molar-refractivity contribution >= 4 is 23.2 Å². The molecule has 0 fully saturated rings. The van der Waals surface area contributed by atoms with Crippen LogP contribution in [0.3, 0.4) is 0 Å². The van der Waals surface area contributed by atoms with Gasteiger partial charge >= 0.3 is 0 Å². The summed E-state index contributed by atoms with van der Waals surface area (Å²) in [7, 11) is 2.12. The molecule has 2 heterocycles. The highest BCUT2D eigenvalue weighted by molar-refractivity contribution is 6.42. The molecule has 0 N–H and O–H groups in total. The highest BCUT2D eigenvalue weighted by Gasteiger charge is 2.14. The molecule has 0 saturated carbocycles. The molecule has 4 heteroatoms. The second-order valence-electron chi connectivity index (χ2n) is 5.52. The molecule has 0 bridgehead atoms. The summed E-state index contributed by atoms with van der Waals surface area (Å²) in [5, 5.41) is 1.33. The third kappa shape index (κ3) is 7.31. The van der Waals surface area contributed by atoms with E-state index in [1.54, 1.807) is 18.3 Å². The third-order valence-electron chi connectivity index (χ3n) is 3.42. The molecule has 0 unspecified atom stereocenters. The molecule has 0 aliphatic carbocycles. The number of fused-ring (bicyclic) bond motifs is 1. The van der Waals surface area contributed by atoms with E-state index in [1.165, 1.54) is 16.7 Å².